The summed E-state index contributed by atoms with van der Waals surface area (Å²) in [7, 11) is 4.96. The van der Waals surface area contributed by atoms with Gasteiger partial charge in [-0.2, -0.15) is 0 Å². The molecule has 0 unspecified atom stereocenters. The first-order valence-corrected chi connectivity index (χ1v) is 12.0. The van der Waals surface area contributed by atoms with Gasteiger partial charge < -0.3 is 23.7 Å². The number of aromatic nitrogens is 2. The summed E-state index contributed by atoms with van der Waals surface area (Å²) < 4.78 is 18.6. The molecule has 0 bridgehead atoms. The molecule has 0 radical (unpaired) electrons. The van der Waals surface area contributed by atoms with Crippen LogP contribution in [0.2, 0.25) is 0 Å². The molecule has 5 rings (SSSR count). The highest BCUT2D eigenvalue weighted by Crippen LogP contribution is 2.43. The Morgan fingerprint density at radius 1 is 1.00 bits per heavy atom. The van der Waals surface area contributed by atoms with Crippen LogP contribution < -0.4 is 14.2 Å². The molecule has 0 saturated carbocycles. The van der Waals surface area contributed by atoms with Crippen molar-refractivity contribution in [1.82, 2.24) is 14.5 Å². The number of fused-ring (bicyclic) bond motifs is 1. The fraction of sp³-hybridized carbons (Fsp3) is 0.357. The second kappa shape index (κ2) is 9.49. The average molecular weight is 474 g/mol. The molecule has 35 heavy (non-hydrogen) atoms. The summed E-state index contributed by atoms with van der Waals surface area (Å²) in [4.78, 5) is 20.0. The van der Waals surface area contributed by atoms with Gasteiger partial charge in [0.15, 0.2) is 11.5 Å². The van der Waals surface area contributed by atoms with Crippen molar-refractivity contribution in [3.63, 3.8) is 0 Å². The third-order valence-electron chi connectivity index (χ3n) is 6.98. The Labute approximate surface area is 205 Å². The van der Waals surface area contributed by atoms with E-state index in [4.69, 9.17) is 14.2 Å². The summed E-state index contributed by atoms with van der Waals surface area (Å²) in [5.74, 6) is 2.29. The predicted molar refractivity (Wildman–Crippen MR) is 134 cm³/mol. The van der Waals surface area contributed by atoms with Gasteiger partial charge >= 0.3 is 0 Å². The van der Waals surface area contributed by atoms with Gasteiger partial charge in [-0.1, -0.05) is 6.07 Å². The summed E-state index contributed by atoms with van der Waals surface area (Å²) in [6, 6.07) is 10.2. The minimum Gasteiger partial charge on any atom is -0.495 e. The highest BCUT2D eigenvalue weighted by atomic mass is 16.5. The van der Waals surface area contributed by atoms with E-state index in [-0.39, 0.29) is 11.9 Å². The Hall–Kier alpha value is -3.74. The molecule has 1 amide bonds. The zero-order valence-corrected chi connectivity index (χ0v) is 20.7. The first-order chi connectivity index (χ1) is 17.0. The van der Waals surface area contributed by atoms with Crippen LogP contribution in [-0.2, 0) is 11.2 Å². The number of carbonyl (C=O) groups excluding carboxylic acids is 1. The Bertz CT molecular complexity index is 1290. The van der Waals surface area contributed by atoms with E-state index >= 15 is 0 Å². The van der Waals surface area contributed by atoms with Crippen LogP contribution in [0.1, 0.15) is 47.7 Å². The van der Waals surface area contributed by atoms with Crippen LogP contribution in [0.3, 0.4) is 0 Å². The monoisotopic (exact) mass is 473 g/mol. The number of amides is 1. The Morgan fingerprint density at radius 3 is 2.49 bits per heavy atom. The molecule has 1 atom stereocenters. The summed E-state index contributed by atoms with van der Waals surface area (Å²) >= 11 is 0. The molecule has 0 N–H and O–H groups in total. The number of likely N-dealkylation sites (tertiary alicyclic amines) is 1. The van der Waals surface area contributed by atoms with Crippen LogP contribution in [0.5, 0.6) is 17.2 Å². The van der Waals surface area contributed by atoms with Gasteiger partial charge in [0, 0.05) is 18.3 Å². The lowest BCUT2D eigenvalue weighted by molar-refractivity contribution is -0.131. The Balaban J connectivity index is 1.42. The van der Waals surface area contributed by atoms with E-state index in [1.807, 2.05) is 52.9 Å². The van der Waals surface area contributed by atoms with Crippen molar-refractivity contribution in [3.8, 4) is 22.9 Å². The molecule has 0 spiro atoms. The number of methoxy groups -OCH3 is 3. The fourth-order valence-electron chi connectivity index (χ4n) is 5.25. The standard InChI is InChI=1S/C28H31N3O4/c1-18-16-30(17-29-18)24-9-7-19(13-25(24)33-2)12-21-6-5-11-31(28(21)32)23-10-8-20-14-26(34-3)27(35-4)15-22(20)23/h7,9,12-17,23H,5-6,8,10-11H2,1-4H3/b21-12+/t23-/m1/s1. The first-order valence-electron chi connectivity index (χ1n) is 12.0. The second-order valence-electron chi connectivity index (χ2n) is 9.09. The van der Waals surface area contributed by atoms with Crippen LogP contribution in [0.15, 0.2) is 48.4 Å². The summed E-state index contributed by atoms with van der Waals surface area (Å²) in [5.41, 5.74) is 6.03. The van der Waals surface area contributed by atoms with Crippen LogP contribution >= 0.6 is 0 Å². The minimum absolute atomic E-state index is 0.0578. The van der Waals surface area contributed by atoms with Crippen molar-refractivity contribution >= 4 is 12.0 Å². The lowest BCUT2D eigenvalue weighted by Gasteiger charge is -2.34. The number of hydrogen-bond acceptors (Lipinski definition) is 5. The third kappa shape index (κ3) is 4.27. The van der Waals surface area contributed by atoms with Gasteiger partial charge in [0.1, 0.15) is 5.75 Å². The van der Waals surface area contributed by atoms with Crippen LogP contribution in [0.4, 0.5) is 0 Å². The zero-order chi connectivity index (χ0) is 24.5. The maximum atomic E-state index is 13.6. The van der Waals surface area contributed by atoms with Crippen molar-refractivity contribution in [3.05, 3.63) is 70.8 Å². The molecule has 182 valence electrons. The van der Waals surface area contributed by atoms with Crippen molar-refractivity contribution in [1.29, 1.82) is 0 Å². The molecule has 2 aliphatic rings. The number of piperidine rings is 1. The number of aryl methyl sites for hydroxylation is 2. The normalized spacial score (nSPS) is 18.6. The largest absolute Gasteiger partial charge is 0.495 e. The average Bonchev–Trinajstić information content (AvgIpc) is 3.50. The van der Waals surface area contributed by atoms with E-state index in [0.717, 1.165) is 66.2 Å². The van der Waals surface area contributed by atoms with E-state index < -0.39 is 0 Å². The third-order valence-corrected chi connectivity index (χ3v) is 6.98. The SMILES string of the molecule is COc1cc2c(cc1OC)[C@H](N1CCC/C(=C\c3ccc(-n4cnc(C)c4)c(OC)c3)C1=O)CC2. The van der Waals surface area contributed by atoms with Crippen LogP contribution in [-0.4, -0.2) is 48.2 Å². The van der Waals surface area contributed by atoms with Crippen molar-refractivity contribution in [2.24, 2.45) is 0 Å². The van der Waals surface area contributed by atoms with Crippen LogP contribution in [0, 0.1) is 6.92 Å². The summed E-state index contributed by atoms with van der Waals surface area (Å²) in [6.07, 6.45) is 9.30. The molecular weight excluding hydrogens is 442 g/mol. The van der Waals surface area contributed by atoms with E-state index in [9.17, 15) is 4.79 Å². The Morgan fingerprint density at radius 2 is 1.77 bits per heavy atom. The van der Waals surface area contributed by atoms with Gasteiger partial charge in [0.05, 0.1) is 45.1 Å². The number of hydrogen-bond donors (Lipinski definition) is 0. The lowest BCUT2D eigenvalue weighted by atomic mass is 9.97. The number of nitrogens with zero attached hydrogens (tertiary/aromatic N) is 3. The number of benzene rings is 2. The number of imidazole rings is 1. The molecular formula is C28H31N3O4. The molecule has 7 heteroatoms. The lowest BCUT2D eigenvalue weighted by Crippen LogP contribution is -2.39. The van der Waals surface area contributed by atoms with Gasteiger partial charge in [0.25, 0.3) is 0 Å². The van der Waals surface area contributed by atoms with Gasteiger partial charge in [-0.05, 0) is 79.6 Å². The topological polar surface area (TPSA) is 65.8 Å². The zero-order valence-electron chi connectivity index (χ0n) is 20.7. The molecule has 1 aliphatic heterocycles. The van der Waals surface area contributed by atoms with Gasteiger partial charge in [0.2, 0.25) is 5.91 Å². The highest BCUT2D eigenvalue weighted by molar-refractivity contribution is 5.99. The van der Waals surface area contributed by atoms with Crippen LogP contribution in [0.25, 0.3) is 11.8 Å². The number of carbonyl (C=O) groups is 1. The summed E-state index contributed by atoms with van der Waals surface area (Å²) in [5, 5.41) is 0. The van der Waals surface area contributed by atoms with Crippen molar-refractivity contribution < 1.29 is 19.0 Å². The number of ether oxygens (including phenoxy) is 3. The molecule has 1 aromatic heterocycles. The highest BCUT2D eigenvalue weighted by Gasteiger charge is 2.35. The van der Waals surface area contributed by atoms with Gasteiger partial charge in [-0.15, -0.1) is 0 Å². The molecule has 1 fully saturated rings. The maximum Gasteiger partial charge on any atom is 0.250 e. The van der Waals surface area contributed by atoms with Gasteiger partial charge in [-0.3, -0.25) is 4.79 Å². The van der Waals surface area contributed by atoms with E-state index in [2.05, 4.69) is 11.1 Å². The molecule has 2 heterocycles. The minimum atomic E-state index is 0.0578. The molecule has 1 aliphatic carbocycles. The first kappa shape index (κ1) is 23.0. The molecule has 7 nitrogen and oxygen atoms in total. The second-order valence-corrected chi connectivity index (χ2v) is 9.09. The van der Waals surface area contributed by atoms with Crippen molar-refractivity contribution in [2.75, 3.05) is 27.9 Å². The molecule has 1 saturated heterocycles. The molecule has 2 aromatic carbocycles. The van der Waals surface area contributed by atoms with E-state index in [0.29, 0.717) is 5.75 Å². The number of rotatable bonds is 6. The quantitative estimate of drug-likeness (QED) is 0.477. The van der Waals surface area contributed by atoms with Gasteiger partial charge in [-0.25, -0.2) is 4.98 Å². The van der Waals surface area contributed by atoms with E-state index in [1.54, 1.807) is 27.7 Å². The molecule has 3 aromatic rings. The Kier molecular flexibility index (Phi) is 6.24. The smallest absolute Gasteiger partial charge is 0.250 e. The maximum absolute atomic E-state index is 13.6. The van der Waals surface area contributed by atoms with E-state index in [1.165, 1.54) is 11.1 Å². The fourth-order valence-corrected chi connectivity index (χ4v) is 5.25. The predicted octanol–water partition coefficient (Wildman–Crippen LogP) is 4.90. The summed E-state index contributed by atoms with van der Waals surface area (Å²) in [6.45, 7) is 2.72. The van der Waals surface area contributed by atoms with Crippen molar-refractivity contribution in [2.45, 2.75) is 38.6 Å².